The molecule has 0 spiro atoms. The number of nitrogens with zero attached hydrogens (tertiary/aromatic N) is 1. The largest absolute Gasteiger partial charge is 0.325 e. The van der Waals surface area contributed by atoms with Gasteiger partial charge in [0, 0.05) is 23.9 Å². The van der Waals surface area contributed by atoms with Gasteiger partial charge in [0.1, 0.15) is 0 Å². The molecule has 1 aliphatic rings. The second-order valence-corrected chi connectivity index (χ2v) is 2.39. The summed E-state index contributed by atoms with van der Waals surface area (Å²) in [7, 11) is 0. The van der Waals surface area contributed by atoms with Gasteiger partial charge in [-0.1, -0.05) is 6.58 Å². The summed E-state index contributed by atoms with van der Waals surface area (Å²) >= 11 is 0. The predicted molar refractivity (Wildman–Crippen MR) is 44.4 cm³/mol. The molecule has 2 N–H and O–H groups in total. The minimum atomic E-state index is -0.0551. The van der Waals surface area contributed by atoms with Gasteiger partial charge in [-0.2, -0.15) is 0 Å². The van der Waals surface area contributed by atoms with Crippen LogP contribution in [0, 0.1) is 0 Å². The molecule has 1 aliphatic heterocycles. The van der Waals surface area contributed by atoms with Crippen molar-refractivity contribution < 1.29 is 4.79 Å². The molecule has 3 heteroatoms. The molecule has 11 heavy (non-hydrogen) atoms. The Bertz CT molecular complexity index is 274. The van der Waals surface area contributed by atoms with E-state index in [1.807, 2.05) is 0 Å². The summed E-state index contributed by atoms with van der Waals surface area (Å²) in [6.45, 7) is 5.56. The van der Waals surface area contributed by atoms with Crippen LogP contribution in [0.1, 0.15) is 6.92 Å². The van der Waals surface area contributed by atoms with Crippen LogP contribution in [0.3, 0.4) is 0 Å². The first kappa shape index (κ1) is 7.88. The monoisotopic (exact) mass is 150 g/mol. The highest BCUT2D eigenvalue weighted by atomic mass is 16.1. The zero-order valence-electron chi connectivity index (χ0n) is 6.42. The Morgan fingerprint density at radius 2 is 2.36 bits per heavy atom. The summed E-state index contributed by atoms with van der Waals surface area (Å²) in [5.41, 5.74) is 7.04. The fraction of sp³-hybridized carbons (Fsp3) is 0.250. The molecule has 58 valence electrons. The summed E-state index contributed by atoms with van der Waals surface area (Å²) in [6, 6.07) is 0. The van der Waals surface area contributed by atoms with Crippen molar-refractivity contribution in [3.05, 3.63) is 23.4 Å². The smallest absolute Gasteiger partial charge is 0.191 e. The lowest BCUT2D eigenvalue weighted by molar-refractivity contribution is -0.111. The highest BCUT2D eigenvalue weighted by molar-refractivity contribution is 6.22. The van der Waals surface area contributed by atoms with Gasteiger partial charge in [0.2, 0.25) is 0 Å². The Kier molecular flexibility index (Phi) is 2.01. The van der Waals surface area contributed by atoms with E-state index in [1.54, 1.807) is 6.92 Å². The van der Waals surface area contributed by atoms with E-state index in [0.29, 0.717) is 23.4 Å². The second kappa shape index (κ2) is 2.80. The first-order valence-corrected chi connectivity index (χ1v) is 3.34. The third-order valence-electron chi connectivity index (χ3n) is 1.63. The molecule has 0 radical (unpaired) electrons. The minimum Gasteiger partial charge on any atom is -0.325 e. The van der Waals surface area contributed by atoms with Gasteiger partial charge in [-0.05, 0) is 6.92 Å². The van der Waals surface area contributed by atoms with Gasteiger partial charge in [0.05, 0.1) is 5.70 Å². The van der Waals surface area contributed by atoms with Crippen LogP contribution in [-0.2, 0) is 4.79 Å². The molecular weight excluding hydrogens is 140 g/mol. The van der Waals surface area contributed by atoms with Gasteiger partial charge in [0.15, 0.2) is 5.78 Å². The minimum absolute atomic E-state index is 0.0551. The summed E-state index contributed by atoms with van der Waals surface area (Å²) in [5, 5.41) is 0. The summed E-state index contributed by atoms with van der Waals surface area (Å²) in [6.07, 6.45) is 1.46. The maximum absolute atomic E-state index is 11.2. The van der Waals surface area contributed by atoms with Crippen LogP contribution in [0.5, 0.6) is 0 Å². The highest BCUT2D eigenvalue weighted by Gasteiger charge is 2.15. The van der Waals surface area contributed by atoms with Crippen molar-refractivity contribution in [2.45, 2.75) is 6.92 Å². The van der Waals surface area contributed by atoms with Gasteiger partial charge in [-0.25, -0.2) is 0 Å². The number of aliphatic imine (C=N–C) groups is 1. The molecule has 0 aromatic rings. The lowest BCUT2D eigenvalue weighted by atomic mass is 10.0. The Morgan fingerprint density at radius 3 is 2.91 bits per heavy atom. The average molecular weight is 150 g/mol. The number of Topliss-reactive ketones (excluding diaryl/α,β-unsaturated/α-hetero) is 1. The van der Waals surface area contributed by atoms with E-state index in [0.717, 1.165) is 0 Å². The third-order valence-corrected chi connectivity index (χ3v) is 1.63. The summed E-state index contributed by atoms with van der Waals surface area (Å²) in [5.74, 6) is -0.0551. The van der Waals surface area contributed by atoms with Crippen LogP contribution >= 0.6 is 0 Å². The first-order valence-electron chi connectivity index (χ1n) is 3.34. The van der Waals surface area contributed by atoms with E-state index in [1.165, 1.54) is 6.21 Å². The number of allylic oxidation sites excluding steroid dienone is 2. The van der Waals surface area contributed by atoms with Crippen molar-refractivity contribution in [3.63, 3.8) is 0 Å². The molecule has 0 unspecified atom stereocenters. The Balaban J connectivity index is 3.06. The third kappa shape index (κ3) is 1.28. The molecule has 0 saturated heterocycles. The number of nitrogens with two attached hydrogens (primary N) is 1. The molecule has 1 rings (SSSR count). The molecule has 0 atom stereocenters. The molecule has 3 nitrogen and oxygen atoms in total. The predicted octanol–water partition coefficient (Wildman–Crippen LogP) is 0.429. The number of rotatable bonds is 1. The number of carbonyl (C=O) groups is 1. The molecule has 0 aromatic heterocycles. The fourth-order valence-corrected chi connectivity index (χ4v) is 0.889. The van der Waals surface area contributed by atoms with E-state index in [4.69, 9.17) is 5.73 Å². The molecule has 0 aliphatic carbocycles. The molecule has 1 heterocycles. The highest BCUT2D eigenvalue weighted by Crippen LogP contribution is 2.13. The number of hydrogen-bond donors (Lipinski definition) is 1. The van der Waals surface area contributed by atoms with E-state index in [2.05, 4.69) is 11.6 Å². The SMILES string of the molecule is C=C1C=NC(CN)=C(C)C1=O. The van der Waals surface area contributed by atoms with Gasteiger partial charge in [-0.3, -0.25) is 9.79 Å². The van der Waals surface area contributed by atoms with Crippen LogP contribution in [0.4, 0.5) is 0 Å². The number of hydrogen-bond acceptors (Lipinski definition) is 3. The number of carbonyl (C=O) groups excluding carboxylic acids is 1. The molecule has 0 fully saturated rings. The van der Waals surface area contributed by atoms with Crippen molar-refractivity contribution in [3.8, 4) is 0 Å². The molecular formula is C8H10N2O. The second-order valence-electron chi connectivity index (χ2n) is 2.39. The lowest BCUT2D eigenvalue weighted by Crippen LogP contribution is -2.15. The van der Waals surface area contributed by atoms with Crippen LogP contribution < -0.4 is 5.73 Å². The molecule has 0 amide bonds. The van der Waals surface area contributed by atoms with Crippen LogP contribution in [0.25, 0.3) is 0 Å². The Hall–Kier alpha value is -1.22. The van der Waals surface area contributed by atoms with Gasteiger partial charge < -0.3 is 5.73 Å². The maximum atomic E-state index is 11.2. The fourth-order valence-electron chi connectivity index (χ4n) is 0.889. The quantitative estimate of drug-likeness (QED) is 0.551. The van der Waals surface area contributed by atoms with Gasteiger partial charge >= 0.3 is 0 Å². The van der Waals surface area contributed by atoms with E-state index >= 15 is 0 Å². The van der Waals surface area contributed by atoms with Crippen molar-refractivity contribution in [1.29, 1.82) is 0 Å². The molecule has 0 saturated carbocycles. The van der Waals surface area contributed by atoms with Crippen molar-refractivity contribution in [2.24, 2.45) is 10.7 Å². The Morgan fingerprint density at radius 1 is 1.73 bits per heavy atom. The topological polar surface area (TPSA) is 55.4 Å². The summed E-state index contributed by atoms with van der Waals surface area (Å²) < 4.78 is 0. The number of ketones is 1. The van der Waals surface area contributed by atoms with Crippen LogP contribution in [0.15, 0.2) is 28.4 Å². The zero-order chi connectivity index (χ0) is 8.43. The molecule has 0 aromatic carbocycles. The normalized spacial score (nSPS) is 18.0. The van der Waals surface area contributed by atoms with Crippen LogP contribution in [-0.4, -0.2) is 18.5 Å². The lowest BCUT2D eigenvalue weighted by Gasteiger charge is -2.09. The zero-order valence-corrected chi connectivity index (χ0v) is 6.42. The molecule has 0 bridgehead atoms. The standard InChI is InChI=1S/C8H10N2O/c1-5-4-10-7(3-9)6(2)8(5)11/h4H,1,3,9H2,2H3. The van der Waals surface area contributed by atoms with Gasteiger partial charge in [-0.15, -0.1) is 0 Å². The summed E-state index contributed by atoms with van der Waals surface area (Å²) in [4.78, 5) is 15.2. The van der Waals surface area contributed by atoms with Crippen LogP contribution in [0.2, 0.25) is 0 Å². The van der Waals surface area contributed by atoms with Crippen molar-refractivity contribution in [2.75, 3.05) is 6.54 Å². The Labute approximate surface area is 65.3 Å². The first-order chi connectivity index (χ1) is 5.16. The average Bonchev–Trinajstić information content (AvgIpc) is 2.01. The maximum Gasteiger partial charge on any atom is 0.191 e. The van der Waals surface area contributed by atoms with E-state index in [9.17, 15) is 4.79 Å². The van der Waals surface area contributed by atoms with Gasteiger partial charge in [0.25, 0.3) is 0 Å². The van der Waals surface area contributed by atoms with Crippen molar-refractivity contribution >= 4 is 12.0 Å². The van der Waals surface area contributed by atoms with E-state index < -0.39 is 0 Å². The van der Waals surface area contributed by atoms with Crippen molar-refractivity contribution in [1.82, 2.24) is 0 Å². The van der Waals surface area contributed by atoms with E-state index in [-0.39, 0.29) is 5.78 Å².